The van der Waals surface area contributed by atoms with Gasteiger partial charge in [-0.2, -0.15) is 4.48 Å². The molecule has 4 amide bonds. The summed E-state index contributed by atoms with van der Waals surface area (Å²) < 4.78 is -0.341. The van der Waals surface area contributed by atoms with Gasteiger partial charge in [-0.15, -0.1) is 0 Å². The summed E-state index contributed by atoms with van der Waals surface area (Å²) in [6.07, 6.45) is 10.7. The highest BCUT2D eigenvalue weighted by Crippen LogP contribution is 2.15. The van der Waals surface area contributed by atoms with Crippen LogP contribution in [0.2, 0.25) is 0 Å². The van der Waals surface area contributed by atoms with Gasteiger partial charge in [-0.1, -0.05) is 44.8 Å². The Bertz CT molecular complexity index is 446. The Morgan fingerprint density at radius 3 is 2.12 bits per heavy atom. The van der Waals surface area contributed by atoms with Crippen LogP contribution in [0.1, 0.15) is 72.6 Å². The monoisotopic (exact) mass is 339 g/mol. The average molecular weight is 340 g/mol. The molecule has 0 N–H and O–H groups in total. The number of carbonyl (C=O) groups excluding carboxylic acids is 3. The van der Waals surface area contributed by atoms with Crippen LogP contribution < -0.4 is 0 Å². The van der Waals surface area contributed by atoms with E-state index in [0.29, 0.717) is 13.1 Å². The molecule has 0 aromatic heterocycles. The van der Waals surface area contributed by atoms with Gasteiger partial charge in [0.2, 0.25) is 5.91 Å². The van der Waals surface area contributed by atoms with Crippen LogP contribution in [0.25, 0.3) is 0 Å². The molecule has 5 heteroatoms. The first-order valence-corrected chi connectivity index (χ1v) is 9.11. The van der Waals surface area contributed by atoms with Crippen molar-refractivity contribution in [3.63, 3.8) is 0 Å². The number of urea groups is 1. The standard InChI is InChI=1S/C19H35N2O3/c1-6-8-10-12-13-15-20(17(3)22)19(24)21(5,18(4)23)16-14-11-9-7-2/h7,9H,6,8,10-16H2,1-5H3/q+1/b9-7-. The minimum atomic E-state index is -0.397. The molecule has 0 radical (unpaired) electrons. The number of rotatable bonds is 10. The van der Waals surface area contributed by atoms with E-state index in [9.17, 15) is 14.4 Å². The van der Waals surface area contributed by atoms with E-state index in [4.69, 9.17) is 0 Å². The number of amides is 4. The van der Waals surface area contributed by atoms with Gasteiger partial charge in [-0.3, -0.25) is 4.79 Å². The second-order valence-electron chi connectivity index (χ2n) is 6.51. The second-order valence-corrected chi connectivity index (χ2v) is 6.51. The highest BCUT2D eigenvalue weighted by Gasteiger charge is 2.41. The molecule has 1 atom stereocenters. The number of imide groups is 2. The lowest BCUT2D eigenvalue weighted by Gasteiger charge is -2.32. The van der Waals surface area contributed by atoms with E-state index in [1.165, 1.54) is 25.2 Å². The molecule has 138 valence electrons. The third-order valence-electron chi connectivity index (χ3n) is 4.43. The van der Waals surface area contributed by atoms with Gasteiger partial charge in [0.15, 0.2) is 0 Å². The number of nitrogens with zero attached hydrogens (tertiary/aromatic N) is 2. The first kappa shape index (κ1) is 22.5. The number of hydrogen-bond acceptors (Lipinski definition) is 3. The van der Waals surface area contributed by atoms with Crippen molar-refractivity contribution in [3.05, 3.63) is 12.2 Å². The minimum Gasteiger partial charge on any atom is -0.275 e. The molecule has 0 saturated carbocycles. The molecule has 0 spiro atoms. The van der Waals surface area contributed by atoms with Crippen molar-refractivity contribution in [2.24, 2.45) is 0 Å². The van der Waals surface area contributed by atoms with Crippen LogP contribution in [0.5, 0.6) is 0 Å². The summed E-state index contributed by atoms with van der Waals surface area (Å²) in [7, 11) is 1.62. The maximum Gasteiger partial charge on any atom is 0.433 e. The zero-order chi connectivity index (χ0) is 18.6. The summed E-state index contributed by atoms with van der Waals surface area (Å²) in [5.41, 5.74) is 0. The Labute approximate surface area is 147 Å². The van der Waals surface area contributed by atoms with Gasteiger partial charge in [0, 0.05) is 19.9 Å². The van der Waals surface area contributed by atoms with Crippen molar-refractivity contribution >= 4 is 17.8 Å². The normalized spacial score (nSPS) is 13.7. The van der Waals surface area contributed by atoms with Gasteiger partial charge in [-0.05, 0) is 19.8 Å². The average Bonchev–Trinajstić information content (AvgIpc) is 2.53. The second kappa shape index (κ2) is 12.0. The van der Waals surface area contributed by atoms with Crippen molar-refractivity contribution in [2.75, 3.05) is 20.1 Å². The molecule has 24 heavy (non-hydrogen) atoms. The zero-order valence-corrected chi connectivity index (χ0v) is 16.1. The smallest absolute Gasteiger partial charge is 0.275 e. The SMILES string of the molecule is C/C=C\CCC[N+](C)(C(C)=O)C(=O)N(CCCCCCC)C(C)=O. The lowest BCUT2D eigenvalue weighted by Crippen LogP contribution is -2.60. The molecule has 0 aliphatic carbocycles. The van der Waals surface area contributed by atoms with Crippen molar-refractivity contribution in [2.45, 2.75) is 72.6 Å². The highest BCUT2D eigenvalue weighted by atomic mass is 16.2. The van der Waals surface area contributed by atoms with Crippen LogP contribution in [0.3, 0.4) is 0 Å². The Hall–Kier alpha value is -1.49. The third-order valence-corrected chi connectivity index (χ3v) is 4.43. The molecule has 0 aliphatic heterocycles. The van der Waals surface area contributed by atoms with Crippen LogP contribution >= 0.6 is 0 Å². The molecule has 0 aliphatic rings. The first-order valence-electron chi connectivity index (χ1n) is 9.11. The molecule has 0 aromatic rings. The van der Waals surface area contributed by atoms with Gasteiger partial charge < -0.3 is 0 Å². The molecule has 5 nitrogen and oxygen atoms in total. The Morgan fingerprint density at radius 1 is 1.00 bits per heavy atom. The van der Waals surface area contributed by atoms with E-state index < -0.39 is 6.03 Å². The van der Waals surface area contributed by atoms with E-state index in [-0.39, 0.29) is 16.3 Å². The highest BCUT2D eigenvalue weighted by molar-refractivity contribution is 5.94. The van der Waals surface area contributed by atoms with Crippen LogP contribution in [0.4, 0.5) is 4.79 Å². The topological polar surface area (TPSA) is 54.5 Å². The summed E-state index contributed by atoms with van der Waals surface area (Å²) >= 11 is 0. The van der Waals surface area contributed by atoms with Gasteiger partial charge in [0.25, 0.3) is 0 Å². The van der Waals surface area contributed by atoms with Crippen LogP contribution in [0.15, 0.2) is 12.2 Å². The van der Waals surface area contributed by atoms with Crippen molar-refractivity contribution in [1.82, 2.24) is 4.90 Å². The summed E-state index contributed by atoms with van der Waals surface area (Å²) in [6, 6.07) is -0.397. The van der Waals surface area contributed by atoms with E-state index in [2.05, 4.69) is 6.92 Å². The van der Waals surface area contributed by atoms with Gasteiger partial charge >= 0.3 is 11.9 Å². The molecule has 0 heterocycles. The minimum absolute atomic E-state index is 0.224. The molecule has 0 aromatic carbocycles. The van der Waals surface area contributed by atoms with Gasteiger partial charge in [0.1, 0.15) is 0 Å². The van der Waals surface area contributed by atoms with Crippen LogP contribution in [0, 0.1) is 0 Å². The Morgan fingerprint density at radius 2 is 1.62 bits per heavy atom. The third kappa shape index (κ3) is 7.39. The lowest BCUT2D eigenvalue weighted by molar-refractivity contribution is -0.755. The van der Waals surface area contributed by atoms with E-state index in [1.807, 2.05) is 19.1 Å². The lowest BCUT2D eigenvalue weighted by atomic mass is 10.1. The summed E-state index contributed by atoms with van der Waals surface area (Å²) in [5, 5.41) is 0. The molecule has 1 unspecified atom stereocenters. The zero-order valence-electron chi connectivity index (χ0n) is 16.1. The van der Waals surface area contributed by atoms with Crippen molar-refractivity contribution in [1.29, 1.82) is 0 Å². The maximum absolute atomic E-state index is 12.9. The fourth-order valence-corrected chi connectivity index (χ4v) is 2.61. The largest absolute Gasteiger partial charge is 0.433 e. The summed E-state index contributed by atoms with van der Waals surface area (Å²) in [4.78, 5) is 38.2. The van der Waals surface area contributed by atoms with E-state index in [0.717, 1.165) is 38.5 Å². The van der Waals surface area contributed by atoms with Crippen molar-refractivity contribution < 1.29 is 18.9 Å². The Kier molecular flexibility index (Phi) is 11.2. The summed E-state index contributed by atoms with van der Waals surface area (Å²) in [5.74, 6) is -0.507. The molecule has 0 rings (SSSR count). The summed E-state index contributed by atoms with van der Waals surface area (Å²) in [6.45, 7) is 7.72. The number of hydrogen-bond donors (Lipinski definition) is 0. The number of allylic oxidation sites excluding steroid dienone is 2. The predicted octanol–water partition coefficient (Wildman–Crippen LogP) is 4.27. The number of unbranched alkanes of at least 4 members (excludes halogenated alkanes) is 5. The van der Waals surface area contributed by atoms with Crippen molar-refractivity contribution in [3.8, 4) is 0 Å². The van der Waals surface area contributed by atoms with Gasteiger partial charge in [0.05, 0.1) is 20.5 Å². The predicted molar refractivity (Wildman–Crippen MR) is 97.3 cm³/mol. The van der Waals surface area contributed by atoms with E-state index in [1.54, 1.807) is 7.05 Å². The molecular weight excluding hydrogens is 304 g/mol. The molecular formula is C19H35N2O3+. The van der Waals surface area contributed by atoms with Gasteiger partial charge in [-0.25, -0.2) is 14.5 Å². The number of carbonyl (C=O) groups is 3. The molecule has 0 fully saturated rings. The van der Waals surface area contributed by atoms with E-state index >= 15 is 0 Å². The first-order chi connectivity index (χ1) is 11.3. The maximum atomic E-state index is 12.9. The Balaban J connectivity index is 4.90. The van der Waals surface area contributed by atoms with Crippen LogP contribution in [-0.4, -0.2) is 47.4 Å². The number of quaternary nitrogens is 1. The fraction of sp³-hybridized carbons (Fsp3) is 0.737. The molecule has 0 saturated heterocycles. The quantitative estimate of drug-likeness (QED) is 0.339. The van der Waals surface area contributed by atoms with Crippen LogP contribution in [-0.2, 0) is 9.59 Å². The fourth-order valence-electron chi connectivity index (χ4n) is 2.61. The molecule has 0 bridgehead atoms.